The molecule has 17 heavy (non-hydrogen) atoms. The quantitative estimate of drug-likeness (QED) is 0.654. The van der Waals surface area contributed by atoms with Crippen molar-refractivity contribution < 1.29 is 4.74 Å². The van der Waals surface area contributed by atoms with Gasteiger partial charge in [0.25, 0.3) is 0 Å². The number of hydrogen-bond acceptors (Lipinski definition) is 1. The molecule has 0 aromatic heterocycles. The van der Waals surface area contributed by atoms with Gasteiger partial charge in [-0.15, -0.1) is 0 Å². The van der Waals surface area contributed by atoms with Gasteiger partial charge in [0.15, 0.2) is 0 Å². The molecule has 0 unspecified atom stereocenters. The first kappa shape index (κ1) is 9.90. The summed E-state index contributed by atoms with van der Waals surface area (Å²) in [5.41, 5.74) is 2.93. The lowest BCUT2D eigenvalue weighted by atomic mass is 9.72. The van der Waals surface area contributed by atoms with Crippen LogP contribution in [-0.2, 0) is 4.74 Å². The summed E-state index contributed by atoms with van der Waals surface area (Å²) in [6, 6.07) is 8.85. The molecule has 0 bridgehead atoms. The highest BCUT2D eigenvalue weighted by Crippen LogP contribution is 2.49. The molecule has 2 fully saturated rings. The number of hydrogen-bond donors (Lipinski definition) is 0. The minimum atomic E-state index is 0.345. The Kier molecular flexibility index (Phi) is 2.16. The molecule has 3 aliphatic rings. The first-order valence-electron chi connectivity index (χ1n) is 6.86. The molecule has 1 aromatic rings. The molecule has 0 spiro atoms. The zero-order valence-electron chi connectivity index (χ0n) is 10.0. The van der Waals surface area contributed by atoms with Crippen molar-refractivity contribution in [1.29, 1.82) is 0 Å². The molecule has 4 atom stereocenters. The van der Waals surface area contributed by atoms with Gasteiger partial charge in [-0.2, -0.15) is 0 Å². The zero-order valence-corrected chi connectivity index (χ0v) is 10.0. The minimum Gasteiger partial charge on any atom is -0.370 e. The molecule has 0 radical (unpaired) electrons. The molecule has 4 rings (SSSR count). The molecule has 1 saturated heterocycles. The van der Waals surface area contributed by atoms with E-state index in [0.717, 1.165) is 5.92 Å². The molecular formula is C16H18O. The Morgan fingerprint density at radius 3 is 2.94 bits per heavy atom. The fourth-order valence-corrected chi connectivity index (χ4v) is 3.97. The lowest BCUT2D eigenvalue weighted by molar-refractivity contribution is 0.0381. The number of fused-ring (bicyclic) bond motifs is 5. The van der Waals surface area contributed by atoms with Crippen molar-refractivity contribution in [3.8, 4) is 0 Å². The zero-order chi connectivity index (χ0) is 11.2. The van der Waals surface area contributed by atoms with Gasteiger partial charge in [0.1, 0.15) is 0 Å². The van der Waals surface area contributed by atoms with Gasteiger partial charge in [-0.25, -0.2) is 0 Å². The highest BCUT2D eigenvalue weighted by molar-refractivity contribution is 5.59. The first-order chi connectivity index (χ1) is 8.43. The Morgan fingerprint density at radius 2 is 1.94 bits per heavy atom. The molecule has 88 valence electrons. The Bertz CT molecular complexity index is 462. The Morgan fingerprint density at radius 1 is 1.06 bits per heavy atom. The van der Waals surface area contributed by atoms with Gasteiger partial charge >= 0.3 is 0 Å². The fourth-order valence-electron chi connectivity index (χ4n) is 3.97. The molecule has 0 amide bonds. The maximum absolute atomic E-state index is 6.24. The van der Waals surface area contributed by atoms with Crippen molar-refractivity contribution in [3.05, 3.63) is 41.5 Å². The Hall–Kier alpha value is -1.08. The van der Waals surface area contributed by atoms with E-state index in [-0.39, 0.29) is 0 Å². The van der Waals surface area contributed by atoms with E-state index in [0.29, 0.717) is 18.1 Å². The van der Waals surface area contributed by atoms with Crippen molar-refractivity contribution in [3.63, 3.8) is 0 Å². The third-order valence-corrected chi connectivity index (χ3v) is 4.72. The van der Waals surface area contributed by atoms with Crippen LogP contribution >= 0.6 is 0 Å². The third kappa shape index (κ3) is 1.42. The SMILES string of the molecule is C1=C[C@H]2O[C@H]3CCCC[C@H]3[C@@H]2c2ccccc21. The van der Waals surface area contributed by atoms with Gasteiger partial charge in [-0.05, 0) is 29.9 Å². The van der Waals surface area contributed by atoms with E-state index in [4.69, 9.17) is 4.74 Å². The standard InChI is InChI=1S/C16H18O/c1-2-6-12-11(5-1)9-10-15-16(12)13-7-3-4-8-14(13)17-15/h1-2,5-6,9-10,13-16H,3-4,7-8H2/t13-,14+,15-,16+/m1/s1. The average Bonchev–Trinajstić information content (AvgIpc) is 2.77. The van der Waals surface area contributed by atoms with Crippen molar-refractivity contribution >= 4 is 6.08 Å². The second-order valence-corrected chi connectivity index (χ2v) is 5.60. The molecule has 1 nitrogen and oxygen atoms in total. The smallest absolute Gasteiger partial charge is 0.0835 e. The molecule has 1 aliphatic heterocycles. The number of rotatable bonds is 0. The van der Waals surface area contributed by atoms with Gasteiger partial charge in [0.05, 0.1) is 12.2 Å². The summed E-state index contributed by atoms with van der Waals surface area (Å²) in [4.78, 5) is 0. The van der Waals surface area contributed by atoms with Crippen molar-refractivity contribution in [2.45, 2.75) is 43.8 Å². The molecule has 1 aromatic carbocycles. The lowest BCUT2D eigenvalue weighted by Gasteiger charge is -2.29. The summed E-state index contributed by atoms with van der Waals surface area (Å²) in [7, 11) is 0. The van der Waals surface area contributed by atoms with Crippen LogP contribution in [0.3, 0.4) is 0 Å². The van der Waals surface area contributed by atoms with Gasteiger partial charge in [0.2, 0.25) is 0 Å². The van der Waals surface area contributed by atoms with E-state index >= 15 is 0 Å². The maximum Gasteiger partial charge on any atom is 0.0835 e. The monoisotopic (exact) mass is 226 g/mol. The Balaban J connectivity index is 1.78. The lowest BCUT2D eigenvalue weighted by Crippen LogP contribution is -2.24. The summed E-state index contributed by atoms with van der Waals surface area (Å²) in [5, 5.41) is 0. The second kappa shape index (κ2) is 3.71. The van der Waals surface area contributed by atoms with Gasteiger partial charge in [0, 0.05) is 5.92 Å². The maximum atomic E-state index is 6.24. The topological polar surface area (TPSA) is 9.23 Å². The van der Waals surface area contributed by atoms with E-state index in [1.807, 2.05) is 0 Å². The van der Waals surface area contributed by atoms with Gasteiger partial charge in [-0.3, -0.25) is 0 Å². The van der Waals surface area contributed by atoms with Crippen molar-refractivity contribution in [2.24, 2.45) is 5.92 Å². The highest BCUT2D eigenvalue weighted by atomic mass is 16.5. The van der Waals surface area contributed by atoms with Crippen LogP contribution in [0.5, 0.6) is 0 Å². The number of benzene rings is 1. The summed E-state index contributed by atoms with van der Waals surface area (Å²) < 4.78 is 6.24. The molecule has 2 aliphatic carbocycles. The summed E-state index contributed by atoms with van der Waals surface area (Å²) in [6.45, 7) is 0. The molecule has 1 heteroatoms. The van der Waals surface area contributed by atoms with Crippen molar-refractivity contribution in [1.82, 2.24) is 0 Å². The molecular weight excluding hydrogens is 208 g/mol. The van der Waals surface area contributed by atoms with E-state index in [9.17, 15) is 0 Å². The van der Waals surface area contributed by atoms with E-state index < -0.39 is 0 Å². The molecule has 1 saturated carbocycles. The van der Waals surface area contributed by atoms with Crippen LogP contribution in [0.15, 0.2) is 30.3 Å². The van der Waals surface area contributed by atoms with Crippen LogP contribution < -0.4 is 0 Å². The van der Waals surface area contributed by atoms with Gasteiger partial charge < -0.3 is 4.74 Å². The van der Waals surface area contributed by atoms with E-state index in [2.05, 4.69) is 36.4 Å². The predicted octanol–water partition coefficient (Wildman–Crippen LogP) is 3.75. The summed E-state index contributed by atoms with van der Waals surface area (Å²) in [5.74, 6) is 1.39. The second-order valence-electron chi connectivity index (χ2n) is 5.60. The Labute approximate surface area is 102 Å². The van der Waals surface area contributed by atoms with Crippen LogP contribution in [0.1, 0.15) is 42.7 Å². The largest absolute Gasteiger partial charge is 0.370 e. The highest BCUT2D eigenvalue weighted by Gasteiger charge is 2.46. The fraction of sp³-hybridized carbons (Fsp3) is 0.500. The van der Waals surface area contributed by atoms with Crippen LogP contribution in [0.4, 0.5) is 0 Å². The predicted molar refractivity (Wildman–Crippen MR) is 68.8 cm³/mol. The summed E-state index contributed by atoms with van der Waals surface area (Å²) >= 11 is 0. The van der Waals surface area contributed by atoms with E-state index in [1.54, 1.807) is 0 Å². The van der Waals surface area contributed by atoms with E-state index in [1.165, 1.54) is 36.8 Å². The third-order valence-electron chi connectivity index (χ3n) is 4.72. The first-order valence-corrected chi connectivity index (χ1v) is 6.86. The van der Waals surface area contributed by atoms with Crippen LogP contribution in [0, 0.1) is 5.92 Å². The van der Waals surface area contributed by atoms with Crippen LogP contribution in [-0.4, -0.2) is 12.2 Å². The van der Waals surface area contributed by atoms with Gasteiger partial charge in [-0.1, -0.05) is 49.3 Å². The van der Waals surface area contributed by atoms with Crippen LogP contribution in [0.2, 0.25) is 0 Å². The van der Waals surface area contributed by atoms with Crippen LogP contribution in [0.25, 0.3) is 6.08 Å². The number of ether oxygens (including phenoxy) is 1. The molecule has 0 N–H and O–H groups in total. The average molecular weight is 226 g/mol. The van der Waals surface area contributed by atoms with Crippen molar-refractivity contribution in [2.75, 3.05) is 0 Å². The minimum absolute atomic E-state index is 0.345. The molecule has 1 heterocycles. The summed E-state index contributed by atoms with van der Waals surface area (Å²) in [6.07, 6.45) is 10.8. The normalized spacial score (nSPS) is 38.4.